The Balaban J connectivity index is 1.09. The number of hydrogen-bond donors (Lipinski definition) is 0. The molecule has 2 aliphatic rings. The van der Waals surface area contributed by atoms with Crippen LogP contribution >= 0.6 is 0 Å². The van der Waals surface area contributed by atoms with E-state index in [1.807, 2.05) is 0 Å². The fourth-order valence-electron chi connectivity index (χ4n) is 10.9. The van der Waals surface area contributed by atoms with Gasteiger partial charge in [0.05, 0.1) is 33.5 Å². The molecule has 1 spiro atoms. The van der Waals surface area contributed by atoms with Crippen molar-refractivity contribution in [1.82, 2.24) is 4.57 Å². The van der Waals surface area contributed by atoms with E-state index in [-0.39, 0.29) is 0 Å². The van der Waals surface area contributed by atoms with Crippen molar-refractivity contribution in [3.8, 4) is 39.1 Å². The van der Waals surface area contributed by atoms with Crippen LogP contribution in [0.1, 0.15) is 22.3 Å². The summed E-state index contributed by atoms with van der Waals surface area (Å²) in [5.74, 6) is 0. The molecule has 0 amide bonds. The first kappa shape index (κ1) is 34.0. The second-order valence-corrected chi connectivity index (χ2v) is 16.4. The van der Waals surface area contributed by atoms with E-state index >= 15 is 0 Å². The van der Waals surface area contributed by atoms with Crippen LogP contribution in [0.4, 0.5) is 17.1 Å². The summed E-state index contributed by atoms with van der Waals surface area (Å²) in [7, 11) is 0. The van der Waals surface area contributed by atoms with Gasteiger partial charge in [-0.2, -0.15) is 0 Å². The van der Waals surface area contributed by atoms with E-state index < -0.39 is 5.41 Å². The number of nitrogens with zero attached hydrogens (tertiary/aromatic N) is 2. The molecule has 1 aliphatic heterocycles. The van der Waals surface area contributed by atoms with Crippen molar-refractivity contribution in [3.05, 3.63) is 253 Å². The monoisotopic (exact) mass is 774 g/mol. The number of benzene rings is 10. The van der Waals surface area contributed by atoms with Crippen LogP contribution in [0.2, 0.25) is 0 Å². The van der Waals surface area contributed by atoms with Crippen molar-refractivity contribution in [2.75, 3.05) is 4.90 Å². The maximum Gasteiger partial charge on any atom is 0.0754 e. The molecule has 11 aromatic rings. The van der Waals surface area contributed by atoms with Gasteiger partial charge in [0, 0.05) is 27.4 Å². The lowest BCUT2D eigenvalue weighted by molar-refractivity contribution is 0.748. The van der Waals surface area contributed by atoms with E-state index in [9.17, 15) is 0 Å². The summed E-state index contributed by atoms with van der Waals surface area (Å²) in [4.78, 5) is 2.49. The second-order valence-electron chi connectivity index (χ2n) is 16.4. The van der Waals surface area contributed by atoms with Crippen LogP contribution in [-0.2, 0) is 5.41 Å². The van der Waals surface area contributed by atoms with Crippen LogP contribution in [0.25, 0.3) is 71.6 Å². The number of hydrogen-bond acceptors (Lipinski definition) is 1. The smallest absolute Gasteiger partial charge is 0.0754 e. The zero-order valence-electron chi connectivity index (χ0n) is 33.3. The average molecular weight is 775 g/mol. The quantitative estimate of drug-likeness (QED) is 0.169. The Morgan fingerprint density at radius 1 is 0.344 bits per heavy atom. The van der Waals surface area contributed by atoms with Gasteiger partial charge in [-0.3, -0.25) is 0 Å². The molecule has 0 radical (unpaired) electrons. The Morgan fingerprint density at radius 3 is 1.87 bits per heavy atom. The van der Waals surface area contributed by atoms with E-state index in [2.05, 4.69) is 240 Å². The van der Waals surface area contributed by atoms with Crippen molar-refractivity contribution < 1.29 is 0 Å². The molecule has 284 valence electrons. The first-order valence-electron chi connectivity index (χ1n) is 21.2. The Bertz CT molecular complexity index is 3550. The van der Waals surface area contributed by atoms with E-state index in [0.29, 0.717) is 0 Å². The third-order valence-electron chi connectivity index (χ3n) is 13.4. The first-order valence-corrected chi connectivity index (χ1v) is 21.2. The van der Waals surface area contributed by atoms with Crippen LogP contribution in [0.15, 0.2) is 231 Å². The Labute approximate surface area is 354 Å². The molecule has 2 heterocycles. The summed E-state index contributed by atoms with van der Waals surface area (Å²) >= 11 is 0. The Morgan fingerprint density at radius 2 is 0.951 bits per heavy atom. The van der Waals surface area contributed by atoms with Gasteiger partial charge in [-0.1, -0.05) is 188 Å². The zero-order chi connectivity index (χ0) is 40.1. The van der Waals surface area contributed by atoms with Crippen LogP contribution in [0, 0.1) is 0 Å². The van der Waals surface area contributed by atoms with Crippen molar-refractivity contribution >= 4 is 49.6 Å². The van der Waals surface area contributed by atoms with Gasteiger partial charge in [0.2, 0.25) is 0 Å². The molecule has 0 saturated heterocycles. The highest BCUT2D eigenvalue weighted by Gasteiger charge is 2.50. The van der Waals surface area contributed by atoms with Crippen molar-refractivity contribution in [2.45, 2.75) is 5.41 Å². The summed E-state index contributed by atoms with van der Waals surface area (Å²) in [6, 6.07) is 85.4. The lowest BCUT2D eigenvalue weighted by atomic mass is 9.65. The van der Waals surface area contributed by atoms with Gasteiger partial charge in [-0.15, -0.1) is 0 Å². The van der Waals surface area contributed by atoms with E-state index in [4.69, 9.17) is 0 Å². The molecular formula is C59H38N2. The molecule has 1 atom stereocenters. The second kappa shape index (κ2) is 13.0. The maximum absolute atomic E-state index is 2.52. The summed E-state index contributed by atoms with van der Waals surface area (Å²) in [5, 5.41) is 4.99. The molecule has 1 aromatic heterocycles. The summed E-state index contributed by atoms with van der Waals surface area (Å²) in [6.45, 7) is 0. The highest BCUT2D eigenvalue weighted by atomic mass is 15.1. The largest absolute Gasteiger partial charge is 0.309 e. The van der Waals surface area contributed by atoms with Gasteiger partial charge in [-0.25, -0.2) is 0 Å². The fraction of sp³-hybridized carbons (Fsp3) is 0.0169. The first-order chi connectivity index (χ1) is 30.3. The summed E-state index contributed by atoms with van der Waals surface area (Å²) in [6.07, 6.45) is 0. The minimum Gasteiger partial charge on any atom is -0.309 e. The summed E-state index contributed by atoms with van der Waals surface area (Å²) < 4.78 is 2.52. The van der Waals surface area contributed by atoms with Crippen molar-refractivity contribution in [2.24, 2.45) is 0 Å². The molecule has 61 heavy (non-hydrogen) atoms. The Hall–Kier alpha value is -7.94. The number of aromatic nitrogens is 1. The molecule has 1 unspecified atom stereocenters. The van der Waals surface area contributed by atoms with Gasteiger partial charge in [0.1, 0.15) is 0 Å². The number of para-hydroxylation sites is 4. The van der Waals surface area contributed by atoms with Crippen molar-refractivity contribution in [1.29, 1.82) is 0 Å². The molecule has 0 saturated carbocycles. The lowest BCUT2D eigenvalue weighted by Gasteiger charge is -2.39. The van der Waals surface area contributed by atoms with Crippen LogP contribution < -0.4 is 4.90 Å². The zero-order valence-corrected chi connectivity index (χ0v) is 33.3. The summed E-state index contributed by atoms with van der Waals surface area (Å²) in [5.41, 5.74) is 19.2. The van der Waals surface area contributed by atoms with E-state index in [0.717, 1.165) is 17.1 Å². The molecule has 1 aliphatic carbocycles. The molecule has 2 heteroatoms. The highest BCUT2D eigenvalue weighted by Crippen LogP contribution is 2.62. The Kier molecular flexibility index (Phi) is 7.26. The van der Waals surface area contributed by atoms with Gasteiger partial charge in [0.25, 0.3) is 0 Å². The number of rotatable bonds is 5. The minimum atomic E-state index is -0.509. The lowest BCUT2D eigenvalue weighted by Crippen LogP contribution is -2.33. The number of fused-ring (bicyclic) bond motifs is 13. The molecule has 13 rings (SSSR count). The minimum absolute atomic E-state index is 0.509. The van der Waals surface area contributed by atoms with Crippen LogP contribution in [0.5, 0.6) is 0 Å². The van der Waals surface area contributed by atoms with Crippen LogP contribution in [0.3, 0.4) is 0 Å². The van der Waals surface area contributed by atoms with Gasteiger partial charge in [0.15, 0.2) is 0 Å². The highest BCUT2D eigenvalue weighted by molar-refractivity contribution is 6.13. The fourth-order valence-corrected chi connectivity index (χ4v) is 10.9. The third kappa shape index (κ3) is 4.73. The SMILES string of the molecule is c1ccc(-c2cccc(-c3ccccc3N(c3ccc4c(c3)-c3ccccc3C43c4ccccc4-n4c5ccccc5c5cccc3c54)c3cccc4ccccc34)c2)cc1. The van der Waals surface area contributed by atoms with E-state index in [1.165, 1.54) is 93.9 Å². The molecule has 10 aromatic carbocycles. The molecular weight excluding hydrogens is 737 g/mol. The average Bonchev–Trinajstić information content (AvgIpc) is 3.83. The number of anilines is 3. The third-order valence-corrected chi connectivity index (χ3v) is 13.4. The molecule has 0 fully saturated rings. The van der Waals surface area contributed by atoms with Gasteiger partial charge < -0.3 is 9.47 Å². The molecule has 2 nitrogen and oxygen atoms in total. The van der Waals surface area contributed by atoms with Gasteiger partial charge in [-0.05, 0) is 97.9 Å². The molecule has 0 N–H and O–H groups in total. The topological polar surface area (TPSA) is 8.17 Å². The maximum atomic E-state index is 2.52. The van der Waals surface area contributed by atoms with E-state index in [1.54, 1.807) is 0 Å². The van der Waals surface area contributed by atoms with Crippen LogP contribution in [-0.4, -0.2) is 4.57 Å². The normalized spacial score (nSPS) is 14.6. The predicted molar refractivity (Wildman–Crippen MR) is 255 cm³/mol. The molecule has 0 bridgehead atoms. The standard InChI is InChI=1S/C59H38N2/c1-2-17-39(18-3-1)41-21-14-22-42(37-41)45-24-7-11-31-54(45)60(55-34-15-20-40-19-4-5-23-44(40)55)43-35-36-51-49(38-43)46-25-6-9-28-50(46)59(51)52-29-10-13-33-57(52)61-56-32-12-8-26-47(56)48-27-16-30-53(59)58(48)61/h1-38H. The van der Waals surface area contributed by atoms with Crippen molar-refractivity contribution in [3.63, 3.8) is 0 Å². The van der Waals surface area contributed by atoms with Gasteiger partial charge >= 0.3 is 0 Å². The predicted octanol–water partition coefficient (Wildman–Crippen LogP) is 15.4.